The van der Waals surface area contributed by atoms with Gasteiger partial charge in [0.25, 0.3) is 0 Å². The van der Waals surface area contributed by atoms with Crippen molar-refractivity contribution in [3.8, 4) is 0 Å². The summed E-state index contributed by atoms with van der Waals surface area (Å²) in [6, 6.07) is 0. The Morgan fingerprint density at radius 2 is 1.86 bits per heavy atom. The molecule has 0 saturated carbocycles. The quantitative estimate of drug-likeness (QED) is 0.539. The molecule has 1 fully saturated rings. The molecule has 0 unspecified atom stereocenters. The summed E-state index contributed by atoms with van der Waals surface area (Å²) in [4.78, 5) is 0. The van der Waals surface area contributed by atoms with Gasteiger partial charge in [-0.05, 0) is 0 Å². The Balaban J connectivity index is 2.57. The summed E-state index contributed by atoms with van der Waals surface area (Å²) < 4.78 is 19.7. The molecule has 42 valence electrons. The lowest BCUT2D eigenvalue weighted by molar-refractivity contribution is 0.365. The molecule has 0 bridgehead atoms. The molecule has 0 aromatic carbocycles. The smallest absolute Gasteiger partial charge is 0.298 e. The first-order valence-corrected chi connectivity index (χ1v) is 5.36. The van der Waals surface area contributed by atoms with Crippen molar-refractivity contribution in [1.82, 2.24) is 0 Å². The van der Waals surface area contributed by atoms with Crippen LogP contribution in [0.15, 0.2) is 0 Å². The Morgan fingerprint density at radius 1 is 1.43 bits per heavy atom. The standard InChI is InChI=1S/C2H4BrO3P/c3-7(4)5-1-2-6-7/h1-2H2. The molecule has 0 N–H and O–H groups in total. The molecule has 5 heteroatoms. The van der Waals surface area contributed by atoms with Gasteiger partial charge in [-0.15, -0.1) is 0 Å². The first-order valence-electron chi connectivity index (χ1n) is 1.79. The van der Waals surface area contributed by atoms with E-state index in [0.717, 1.165) is 0 Å². The first kappa shape index (κ1) is 5.76. The van der Waals surface area contributed by atoms with Gasteiger partial charge in [0.05, 0.1) is 13.2 Å². The molecule has 0 atom stereocenters. The minimum atomic E-state index is -2.73. The zero-order valence-corrected chi connectivity index (χ0v) is 5.94. The molecule has 0 aromatic rings. The molecule has 0 aliphatic carbocycles. The van der Waals surface area contributed by atoms with Gasteiger partial charge in [-0.2, -0.15) is 0 Å². The van der Waals surface area contributed by atoms with Gasteiger partial charge in [0.2, 0.25) is 0 Å². The van der Waals surface area contributed by atoms with Crippen LogP contribution in [-0.4, -0.2) is 13.2 Å². The van der Waals surface area contributed by atoms with Gasteiger partial charge in [-0.3, -0.25) is 9.05 Å². The molecule has 0 spiro atoms. The average molecular weight is 187 g/mol. The van der Waals surface area contributed by atoms with E-state index in [9.17, 15) is 4.57 Å². The SMILES string of the molecule is O=P1(Br)OCCO1. The third-order valence-corrected chi connectivity index (χ3v) is 2.78. The lowest BCUT2D eigenvalue weighted by Gasteiger charge is -1.93. The van der Waals surface area contributed by atoms with E-state index in [-0.39, 0.29) is 0 Å². The zero-order valence-electron chi connectivity index (χ0n) is 3.46. The van der Waals surface area contributed by atoms with Crippen LogP contribution >= 0.6 is 21.8 Å². The second-order valence-electron chi connectivity index (χ2n) is 1.10. The maximum Gasteiger partial charge on any atom is 0.396 e. The van der Waals surface area contributed by atoms with Gasteiger partial charge < -0.3 is 0 Å². The molecular formula is C2H4BrO3P. The summed E-state index contributed by atoms with van der Waals surface area (Å²) in [5.41, 5.74) is 0. The van der Waals surface area contributed by atoms with E-state index in [0.29, 0.717) is 13.2 Å². The Hall–Kier alpha value is 0.630. The predicted octanol–water partition coefficient (Wildman–Crippen LogP) is 1.54. The molecule has 1 rings (SSSR count). The fourth-order valence-electron chi connectivity index (χ4n) is 0.330. The van der Waals surface area contributed by atoms with Gasteiger partial charge in [-0.25, -0.2) is 4.57 Å². The highest BCUT2D eigenvalue weighted by Gasteiger charge is 2.25. The van der Waals surface area contributed by atoms with Gasteiger partial charge in [0, 0.05) is 15.5 Å². The highest BCUT2D eigenvalue weighted by Crippen LogP contribution is 2.58. The minimum Gasteiger partial charge on any atom is -0.298 e. The van der Waals surface area contributed by atoms with Crippen LogP contribution in [0.25, 0.3) is 0 Å². The largest absolute Gasteiger partial charge is 0.396 e. The van der Waals surface area contributed by atoms with Gasteiger partial charge in [0.15, 0.2) is 0 Å². The van der Waals surface area contributed by atoms with Crippen LogP contribution in [0.3, 0.4) is 0 Å². The number of hydrogen-bond acceptors (Lipinski definition) is 3. The van der Waals surface area contributed by atoms with E-state index in [1.54, 1.807) is 0 Å². The zero-order chi connectivity index (χ0) is 5.33. The molecule has 1 aliphatic heterocycles. The van der Waals surface area contributed by atoms with E-state index in [1.807, 2.05) is 0 Å². The molecular weight excluding hydrogens is 183 g/mol. The van der Waals surface area contributed by atoms with Crippen molar-refractivity contribution in [1.29, 1.82) is 0 Å². The van der Waals surface area contributed by atoms with E-state index in [1.165, 1.54) is 0 Å². The highest BCUT2D eigenvalue weighted by atomic mass is 79.9. The fourth-order valence-corrected chi connectivity index (χ4v) is 1.86. The van der Waals surface area contributed by atoms with Crippen LogP contribution in [-0.2, 0) is 13.6 Å². The molecule has 0 radical (unpaired) electrons. The predicted molar refractivity (Wildman–Crippen MR) is 28.4 cm³/mol. The Labute approximate surface area is 49.3 Å². The first-order chi connectivity index (χ1) is 3.21. The van der Waals surface area contributed by atoms with Crippen molar-refractivity contribution in [3.05, 3.63) is 0 Å². The third-order valence-electron chi connectivity index (χ3n) is 0.574. The van der Waals surface area contributed by atoms with Crippen molar-refractivity contribution in [2.75, 3.05) is 13.2 Å². The molecule has 1 heterocycles. The van der Waals surface area contributed by atoms with Crippen molar-refractivity contribution in [2.45, 2.75) is 0 Å². The summed E-state index contributed by atoms with van der Waals surface area (Å²) in [6.07, 6.45) is -2.73. The van der Waals surface area contributed by atoms with Crippen molar-refractivity contribution < 1.29 is 13.6 Å². The molecule has 3 nitrogen and oxygen atoms in total. The van der Waals surface area contributed by atoms with E-state index in [4.69, 9.17) is 0 Å². The van der Waals surface area contributed by atoms with Crippen molar-refractivity contribution in [2.24, 2.45) is 0 Å². The summed E-state index contributed by atoms with van der Waals surface area (Å²) in [6.45, 7) is 0.866. The van der Waals surface area contributed by atoms with E-state index >= 15 is 0 Å². The molecule has 7 heavy (non-hydrogen) atoms. The second-order valence-corrected chi connectivity index (χ2v) is 5.08. The third kappa shape index (κ3) is 1.53. The average Bonchev–Trinajstić information content (AvgIpc) is 1.84. The van der Waals surface area contributed by atoms with Crippen LogP contribution in [0.5, 0.6) is 0 Å². The topological polar surface area (TPSA) is 35.5 Å². The van der Waals surface area contributed by atoms with Crippen LogP contribution in [0.1, 0.15) is 0 Å². The Bertz CT molecular complexity index is 104. The van der Waals surface area contributed by atoms with Gasteiger partial charge in [0.1, 0.15) is 0 Å². The van der Waals surface area contributed by atoms with Gasteiger partial charge >= 0.3 is 6.30 Å². The normalized spacial score (nSPS) is 28.1. The highest BCUT2D eigenvalue weighted by molar-refractivity contribution is 9.39. The van der Waals surface area contributed by atoms with Crippen molar-refractivity contribution in [3.63, 3.8) is 0 Å². The van der Waals surface area contributed by atoms with Crippen LogP contribution in [0.4, 0.5) is 0 Å². The summed E-state index contributed by atoms with van der Waals surface area (Å²) in [5, 5.41) is 0. The molecule has 0 aromatic heterocycles. The Morgan fingerprint density at radius 3 is 2.00 bits per heavy atom. The van der Waals surface area contributed by atoms with E-state index < -0.39 is 6.30 Å². The van der Waals surface area contributed by atoms with E-state index in [2.05, 4.69) is 24.5 Å². The van der Waals surface area contributed by atoms with Gasteiger partial charge in [-0.1, -0.05) is 0 Å². The number of hydrogen-bond donors (Lipinski definition) is 0. The lowest BCUT2D eigenvalue weighted by Crippen LogP contribution is -1.79. The maximum atomic E-state index is 10.5. The molecule has 0 amide bonds. The molecule has 1 aliphatic rings. The summed E-state index contributed by atoms with van der Waals surface area (Å²) in [5.74, 6) is 0. The number of rotatable bonds is 0. The lowest BCUT2D eigenvalue weighted by atomic mass is 10.8. The number of halogens is 1. The molecule has 1 saturated heterocycles. The van der Waals surface area contributed by atoms with Crippen LogP contribution in [0, 0.1) is 0 Å². The summed E-state index contributed by atoms with van der Waals surface area (Å²) in [7, 11) is 0. The van der Waals surface area contributed by atoms with Crippen molar-refractivity contribution >= 4 is 21.8 Å². The maximum absolute atomic E-state index is 10.5. The second kappa shape index (κ2) is 1.86. The monoisotopic (exact) mass is 186 g/mol. The van der Waals surface area contributed by atoms with Crippen LogP contribution in [0.2, 0.25) is 0 Å². The van der Waals surface area contributed by atoms with Crippen LogP contribution < -0.4 is 0 Å². The summed E-state index contributed by atoms with van der Waals surface area (Å²) >= 11 is 2.75. The fraction of sp³-hybridized carbons (Fsp3) is 1.00. The minimum absolute atomic E-state index is 0.433. The Kier molecular flexibility index (Phi) is 1.53.